The summed E-state index contributed by atoms with van der Waals surface area (Å²) in [5.74, 6) is 3.65. The summed E-state index contributed by atoms with van der Waals surface area (Å²) in [6.45, 7) is 0.903. The van der Waals surface area contributed by atoms with Crippen molar-refractivity contribution in [2.75, 3.05) is 38.9 Å². The second kappa shape index (κ2) is 15.1. The Bertz CT molecular complexity index is 915. The molecule has 35 heavy (non-hydrogen) atoms. The third kappa shape index (κ3) is 7.68. The van der Waals surface area contributed by atoms with Crippen molar-refractivity contribution in [3.63, 3.8) is 0 Å². The highest BCUT2D eigenvalue weighted by Gasteiger charge is 2.37. The molecule has 0 aromatic heterocycles. The lowest BCUT2D eigenvalue weighted by molar-refractivity contribution is 0.0234. The SMILES string of the molecule is COc1ccc(C(OCCSSCCCCCCO)(c2ccccc2)c2ccc(OC)cc2)cc1. The van der Waals surface area contributed by atoms with E-state index in [0.717, 1.165) is 52.5 Å². The maximum absolute atomic E-state index is 8.90. The molecule has 0 saturated heterocycles. The second-order valence-corrected chi connectivity index (χ2v) is 10.8. The normalized spacial score (nSPS) is 11.4. The van der Waals surface area contributed by atoms with Crippen LogP contribution in [-0.2, 0) is 10.3 Å². The molecule has 0 spiro atoms. The topological polar surface area (TPSA) is 47.9 Å². The van der Waals surface area contributed by atoms with Gasteiger partial charge in [0.25, 0.3) is 0 Å². The number of hydrogen-bond donors (Lipinski definition) is 1. The van der Waals surface area contributed by atoms with E-state index in [9.17, 15) is 0 Å². The molecule has 6 heteroatoms. The average molecular weight is 513 g/mol. The lowest BCUT2D eigenvalue weighted by Crippen LogP contribution is -2.33. The summed E-state index contributed by atoms with van der Waals surface area (Å²) in [6.07, 6.45) is 4.37. The van der Waals surface area contributed by atoms with Crippen LogP contribution in [0.15, 0.2) is 78.9 Å². The summed E-state index contributed by atoms with van der Waals surface area (Å²) in [5, 5.41) is 8.90. The van der Waals surface area contributed by atoms with Crippen LogP contribution in [0.5, 0.6) is 11.5 Å². The van der Waals surface area contributed by atoms with E-state index in [2.05, 4.69) is 48.5 Å². The fourth-order valence-corrected chi connectivity index (χ4v) is 6.02. The minimum Gasteiger partial charge on any atom is -0.497 e. The molecule has 188 valence electrons. The standard InChI is InChI=1S/C29H36O4S2/c1-31-27-16-12-25(13-17-27)29(24-10-6-5-7-11-24,26-14-18-28(32-2)19-15-26)33-21-23-35-34-22-9-4-3-8-20-30/h5-7,10-19,30H,3-4,8-9,20-23H2,1-2H3. The molecule has 3 rings (SSSR count). The molecule has 0 amide bonds. The van der Waals surface area contributed by atoms with Crippen LogP contribution in [0.25, 0.3) is 0 Å². The zero-order valence-electron chi connectivity index (χ0n) is 20.7. The van der Waals surface area contributed by atoms with Gasteiger partial charge >= 0.3 is 0 Å². The van der Waals surface area contributed by atoms with E-state index in [1.807, 2.05) is 51.9 Å². The number of benzene rings is 3. The highest BCUT2D eigenvalue weighted by Crippen LogP contribution is 2.42. The summed E-state index contributed by atoms with van der Waals surface area (Å²) in [4.78, 5) is 0. The van der Waals surface area contributed by atoms with Gasteiger partial charge in [0.15, 0.2) is 0 Å². The molecule has 0 heterocycles. The molecular formula is C29H36O4S2. The summed E-state index contributed by atoms with van der Waals surface area (Å²) >= 11 is 0. The van der Waals surface area contributed by atoms with E-state index in [1.54, 1.807) is 14.2 Å². The Kier molecular flexibility index (Phi) is 11.8. The first-order valence-electron chi connectivity index (χ1n) is 12.1. The molecule has 3 aromatic rings. The molecule has 0 aliphatic rings. The first-order chi connectivity index (χ1) is 17.2. The fourth-order valence-electron chi connectivity index (χ4n) is 4.05. The molecule has 0 saturated carbocycles. The van der Waals surface area contributed by atoms with Gasteiger partial charge in [-0.25, -0.2) is 0 Å². The Balaban J connectivity index is 1.81. The number of methoxy groups -OCH3 is 2. The Morgan fingerprint density at radius 3 is 1.69 bits per heavy atom. The highest BCUT2D eigenvalue weighted by atomic mass is 33.1. The van der Waals surface area contributed by atoms with Crippen LogP contribution in [0.3, 0.4) is 0 Å². The monoisotopic (exact) mass is 512 g/mol. The van der Waals surface area contributed by atoms with Crippen molar-refractivity contribution in [1.82, 2.24) is 0 Å². The molecule has 0 bridgehead atoms. The van der Waals surface area contributed by atoms with Crippen molar-refractivity contribution in [3.05, 3.63) is 95.6 Å². The molecule has 4 nitrogen and oxygen atoms in total. The quantitative estimate of drug-likeness (QED) is 0.127. The lowest BCUT2D eigenvalue weighted by atomic mass is 9.80. The van der Waals surface area contributed by atoms with Crippen LogP contribution in [0.1, 0.15) is 42.4 Å². The smallest absolute Gasteiger partial charge is 0.143 e. The number of hydrogen-bond acceptors (Lipinski definition) is 6. The zero-order chi connectivity index (χ0) is 24.8. The maximum atomic E-state index is 8.90. The largest absolute Gasteiger partial charge is 0.497 e. The molecular weight excluding hydrogens is 476 g/mol. The molecule has 1 N–H and O–H groups in total. The molecule has 0 aliphatic heterocycles. The summed E-state index contributed by atoms with van der Waals surface area (Å²) in [5.41, 5.74) is 2.43. The number of unbranched alkanes of at least 4 members (excludes halogenated alkanes) is 3. The van der Waals surface area contributed by atoms with Crippen molar-refractivity contribution in [2.45, 2.75) is 31.3 Å². The molecule has 0 unspecified atom stereocenters. The van der Waals surface area contributed by atoms with E-state index < -0.39 is 5.60 Å². The summed E-state index contributed by atoms with van der Waals surface area (Å²) in [7, 11) is 7.12. The molecule has 3 aromatic carbocycles. The minimum atomic E-state index is -0.755. The summed E-state index contributed by atoms with van der Waals surface area (Å²) < 4.78 is 17.7. The van der Waals surface area contributed by atoms with Crippen LogP contribution in [0.2, 0.25) is 0 Å². The summed E-state index contributed by atoms with van der Waals surface area (Å²) in [6, 6.07) is 26.7. The third-order valence-electron chi connectivity index (χ3n) is 5.88. The van der Waals surface area contributed by atoms with Crippen molar-refractivity contribution in [2.24, 2.45) is 0 Å². The van der Waals surface area contributed by atoms with Gasteiger partial charge in [0, 0.05) is 18.1 Å². The molecule has 0 radical (unpaired) electrons. The van der Waals surface area contributed by atoms with Crippen LogP contribution in [0, 0.1) is 0 Å². The zero-order valence-corrected chi connectivity index (χ0v) is 22.3. The maximum Gasteiger partial charge on any atom is 0.143 e. The second-order valence-electron chi connectivity index (χ2n) is 8.13. The number of aliphatic hydroxyl groups is 1. The van der Waals surface area contributed by atoms with Gasteiger partial charge in [-0.05, 0) is 53.8 Å². The predicted molar refractivity (Wildman–Crippen MR) is 149 cm³/mol. The Morgan fingerprint density at radius 1 is 0.629 bits per heavy atom. The van der Waals surface area contributed by atoms with Crippen LogP contribution in [-0.4, -0.2) is 44.0 Å². The first kappa shape index (κ1) is 27.5. The van der Waals surface area contributed by atoms with Gasteiger partial charge in [-0.15, -0.1) is 0 Å². The first-order valence-corrected chi connectivity index (χ1v) is 14.6. The van der Waals surface area contributed by atoms with Gasteiger partial charge in [0.2, 0.25) is 0 Å². The Labute approximate surface area is 217 Å². The molecule has 0 atom stereocenters. The molecule has 0 fully saturated rings. The van der Waals surface area contributed by atoms with E-state index in [1.165, 1.54) is 12.8 Å². The fraction of sp³-hybridized carbons (Fsp3) is 0.379. The van der Waals surface area contributed by atoms with Crippen molar-refractivity contribution < 1.29 is 19.3 Å². The number of ether oxygens (including phenoxy) is 3. The Hall–Kier alpha value is -2.12. The van der Waals surface area contributed by atoms with E-state index in [4.69, 9.17) is 19.3 Å². The minimum absolute atomic E-state index is 0.296. The number of aliphatic hydroxyl groups excluding tert-OH is 1. The van der Waals surface area contributed by atoms with E-state index in [0.29, 0.717) is 13.2 Å². The lowest BCUT2D eigenvalue weighted by Gasteiger charge is -2.36. The predicted octanol–water partition coefficient (Wildman–Crippen LogP) is 6.95. The van der Waals surface area contributed by atoms with Gasteiger partial charge in [-0.2, -0.15) is 0 Å². The van der Waals surface area contributed by atoms with Gasteiger partial charge < -0.3 is 19.3 Å². The van der Waals surface area contributed by atoms with Crippen molar-refractivity contribution >= 4 is 21.6 Å². The van der Waals surface area contributed by atoms with Crippen LogP contribution < -0.4 is 9.47 Å². The van der Waals surface area contributed by atoms with Gasteiger partial charge in [0.05, 0.1) is 20.8 Å². The van der Waals surface area contributed by atoms with Crippen molar-refractivity contribution in [3.8, 4) is 11.5 Å². The van der Waals surface area contributed by atoms with Gasteiger partial charge in [0.1, 0.15) is 17.1 Å². The van der Waals surface area contributed by atoms with E-state index >= 15 is 0 Å². The van der Waals surface area contributed by atoms with Crippen LogP contribution >= 0.6 is 21.6 Å². The highest BCUT2D eigenvalue weighted by molar-refractivity contribution is 8.76. The third-order valence-corrected chi connectivity index (χ3v) is 8.33. The average Bonchev–Trinajstić information content (AvgIpc) is 2.93. The van der Waals surface area contributed by atoms with Gasteiger partial charge in [-0.3, -0.25) is 0 Å². The molecule has 0 aliphatic carbocycles. The van der Waals surface area contributed by atoms with Gasteiger partial charge in [-0.1, -0.05) is 89.0 Å². The number of rotatable bonds is 16. The van der Waals surface area contributed by atoms with E-state index in [-0.39, 0.29) is 0 Å². The Morgan fingerprint density at radius 2 is 1.14 bits per heavy atom. The van der Waals surface area contributed by atoms with Crippen molar-refractivity contribution in [1.29, 1.82) is 0 Å². The van der Waals surface area contributed by atoms with Crippen LogP contribution in [0.4, 0.5) is 0 Å².